The van der Waals surface area contributed by atoms with Gasteiger partial charge in [0, 0.05) is 25.4 Å². The molecule has 0 bridgehead atoms. The number of pyridine rings is 1. The van der Waals surface area contributed by atoms with Crippen molar-refractivity contribution in [2.75, 3.05) is 0 Å². The van der Waals surface area contributed by atoms with Gasteiger partial charge in [-0.1, -0.05) is 0 Å². The van der Waals surface area contributed by atoms with E-state index in [0.29, 0.717) is 6.42 Å². The van der Waals surface area contributed by atoms with Gasteiger partial charge in [0.1, 0.15) is 12.2 Å². The fourth-order valence-electron chi connectivity index (χ4n) is 1.57. The predicted octanol–water partition coefficient (Wildman–Crippen LogP) is 0.795. The van der Waals surface area contributed by atoms with Crippen LogP contribution < -0.4 is 0 Å². The quantitative estimate of drug-likeness (QED) is 0.827. The fraction of sp³-hybridized carbons (Fsp3) is 0.364. The first kappa shape index (κ1) is 10.8. The van der Waals surface area contributed by atoms with Gasteiger partial charge in [0.2, 0.25) is 0 Å². The van der Waals surface area contributed by atoms with Gasteiger partial charge in [-0.15, -0.1) is 0 Å². The summed E-state index contributed by atoms with van der Waals surface area (Å²) in [6.07, 6.45) is 3.08. The highest BCUT2D eigenvalue weighted by molar-refractivity contribution is 5.18. The first-order valence-corrected chi connectivity index (χ1v) is 5.10. The lowest BCUT2D eigenvalue weighted by Crippen LogP contribution is -2.08. The maximum atomic E-state index is 10.0. The highest BCUT2D eigenvalue weighted by Crippen LogP contribution is 2.16. The van der Waals surface area contributed by atoms with Crippen molar-refractivity contribution in [3.63, 3.8) is 0 Å². The maximum Gasteiger partial charge on any atom is 0.138 e. The van der Waals surface area contributed by atoms with Gasteiger partial charge in [0.15, 0.2) is 0 Å². The molecule has 5 nitrogen and oxygen atoms in total. The lowest BCUT2D eigenvalue weighted by atomic mass is 10.1. The Balaban J connectivity index is 2.14. The van der Waals surface area contributed by atoms with Crippen molar-refractivity contribution in [2.24, 2.45) is 7.05 Å². The number of hydrogen-bond acceptors (Lipinski definition) is 4. The molecule has 0 aliphatic rings. The third-order valence-corrected chi connectivity index (χ3v) is 2.49. The van der Waals surface area contributed by atoms with Crippen molar-refractivity contribution < 1.29 is 5.11 Å². The Bertz CT molecular complexity index is 480. The van der Waals surface area contributed by atoms with Crippen LogP contribution in [0.25, 0.3) is 0 Å². The first-order chi connectivity index (χ1) is 7.66. The molecule has 2 rings (SSSR count). The Morgan fingerprint density at radius 3 is 2.88 bits per heavy atom. The largest absolute Gasteiger partial charge is 0.388 e. The van der Waals surface area contributed by atoms with E-state index in [1.807, 2.05) is 26.1 Å². The second-order valence-electron chi connectivity index (χ2n) is 3.75. The van der Waals surface area contributed by atoms with Crippen LogP contribution in [-0.2, 0) is 13.5 Å². The molecular weight excluding hydrogens is 204 g/mol. The second kappa shape index (κ2) is 4.40. The lowest BCUT2D eigenvalue weighted by Gasteiger charge is -2.10. The van der Waals surface area contributed by atoms with Crippen LogP contribution in [-0.4, -0.2) is 24.9 Å². The summed E-state index contributed by atoms with van der Waals surface area (Å²) in [5.41, 5.74) is 1.75. The van der Waals surface area contributed by atoms with E-state index in [1.165, 1.54) is 6.33 Å². The number of aliphatic hydroxyl groups is 1. The Kier molecular flexibility index (Phi) is 2.96. The number of aliphatic hydroxyl groups excluding tert-OH is 1. The monoisotopic (exact) mass is 218 g/mol. The van der Waals surface area contributed by atoms with E-state index in [2.05, 4.69) is 15.1 Å². The summed E-state index contributed by atoms with van der Waals surface area (Å²) in [6.45, 7) is 1.90. The zero-order valence-corrected chi connectivity index (χ0v) is 9.33. The summed E-state index contributed by atoms with van der Waals surface area (Å²) < 4.78 is 1.66. The average Bonchev–Trinajstić information content (AvgIpc) is 2.64. The molecule has 16 heavy (non-hydrogen) atoms. The molecule has 0 aromatic carbocycles. The number of aromatic nitrogens is 4. The number of aryl methyl sites for hydroxylation is 2. The molecular formula is C11H14N4O. The predicted molar refractivity (Wildman–Crippen MR) is 58.6 cm³/mol. The molecule has 0 saturated heterocycles. The first-order valence-electron chi connectivity index (χ1n) is 5.10. The van der Waals surface area contributed by atoms with Crippen LogP contribution in [0.5, 0.6) is 0 Å². The van der Waals surface area contributed by atoms with Crippen LogP contribution in [0.3, 0.4) is 0 Å². The summed E-state index contributed by atoms with van der Waals surface area (Å²) >= 11 is 0. The molecule has 0 aliphatic carbocycles. The standard InChI is InChI=1S/C11H14N4O/c1-8-5-9(3-4-12-8)10(16)6-11-13-7-14-15(11)2/h3-5,7,10,16H,6H2,1-2H3. The van der Waals surface area contributed by atoms with Crippen LogP contribution >= 0.6 is 0 Å². The van der Waals surface area contributed by atoms with Crippen molar-refractivity contribution in [1.82, 2.24) is 19.7 Å². The van der Waals surface area contributed by atoms with E-state index < -0.39 is 6.10 Å². The molecule has 5 heteroatoms. The van der Waals surface area contributed by atoms with Crippen LogP contribution in [0.4, 0.5) is 0 Å². The van der Waals surface area contributed by atoms with Gasteiger partial charge in [-0.2, -0.15) is 5.10 Å². The van der Waals surface area contributed by atoms with Gasteiger partial charge in [-0.05, 0) is 24.6 Å². The highest BCUT2D eigenvalue weighted by Gasteiger charge is 2.12. The topological polar surface area (TPSA) is 63.8 Å². The van der Waals surface area contributed by atoms with Crippen molar-refractivity contribution >= 4 is 0 Å². The van der Waals surface area contributed by atoms with E-state index in [4.69, 9.17) is 0 Å². The number of nitrogens with zero attached hydrogens (tertiary/aromatic N) is 4. The molecule has 1 N–H and O–H groups in total. The van der Waals surface area contributed by atoms with Gasteiger partial charge >= 0.3 is 0 Å². The summed E-state index contributed by atoms with van der Waals surface area (Å²) in [5, 5.41) is 14.0. The van der Waals surface area contributed by atoms with E-state index in [-0.39, 0.29) is 0 Å². The average molecular weight is 218 g/mol. The molecule has 1 unspecified atom stereocenters. The van der Waals surface area contributed by atoms with E-state index in [0.717, 1.165) is 17.1 Å². The van der Waals surface area contributed by atoms with Crippen molar-refractivity contribution in [3.05, 3.63) is 41.7 Å². The molecule has 2 aromatic heterocycles. The van der Waals surface area contributed by atoms with E-state index in [1.54, 1.807) is 10.9 Å². The van der Waals surface area contributed by atoms with Gasteiger partial charge in [0.25, 0.3) is 0 Å². The summed E-state index contributed by atoms with van der Waals surface area (Å²) in [5.74, 6) is 0.766. The third-order valence-electron chi connectivity index (χ3n) is 2.49. The second-order valence-corrected chi connectivity index (χ2v) is 3.75. The van der Waals surface area contributed by atoms with E-state index in [9.17, 15) is 5.11 Å². The zero-order valence-electron chi connectivity index (χ0n) is 9.33. The molecule has 0 spiro atoms. The summed E-state index contributed by atoms with van der Waals surface area (Å²) in [6, 6.07) is 3.69. The molecule has 0 aliphatic heterocycles. The maximum absolute atomic E-state index is 10.0. The molecule has 0 radical (unpaired) electrons. The Hall–Kier alpha value is -1.75. The van der Waals surface area contributed by atoms with E-state index >= 15 is 0 Å². The lowest BCUT2D eigenvalue weighted by molar-refractivity contribution is 0.174. The molecule has 0 saturated carbocycles. The van der Waals surface area contributed by atoms with Crippen molar-refractivity contribution in [1.29, 1.82) is 0 Å². The van der Waals surface area contributed by atoms with Crippen LogP contribution in [0.1, 0.15) is 23.2 Å². The fourth-order valence-corrected chi connectivity index (χ4v) is 1.57. The Morgan fingerprint density at radius 2 is 2.25 bits per heavy atom. The van der Waals surface area contributed by atoms with Gasteiger partial charge < -0.3 is 5.11 Å². The molecule has 2 aromatic rings. The Labute approximate surface area is 93.8 Å². The van der Waals surface area contributed by atoms with Crippen molar-refractivity contribution in [2.45, 2.75) is 19.4 Å². The molecule has 84 valence electrons. The summed E-state index contributed by atoms with van der Waals surface area (Å²) in [4.78, 5) is 8.17. The van der Waals surface area contributed by atoms with Crippen molar-refractivity contribution in [3.8, 4) is 0 Å². The van der Waals surface area contributed by atoms with Crippen LogP contribution in [0.2, 0.25) is 0 Å². The molecule has 0 fully saturated rings. The van der Waals surface area contributed by atoms with Gasteiger partial charge in [-0.25, -0.2) is 4.98 Å². The summed E-state index contributed by atoms with van der Waals surface area (Å²) in [7, 11) is 1.81. The third kappa shape index (κ3) is 2.25. The molecule has 2 heterocycles. The van der Waals surface area contributed by atoms with Crippen LogP contribution in [0, 0.1) is 6.92 Å². The zero-order chi connectivity index (χ0) is 11.5. The van der Waals surface area contributed by atoms with Gasteiger partial charge in [-0.3, -0.25) is 9.67 Å². The minimum atomic E-state index is -0.565. The smallest absolute Gasteiger partial charge is 0.138 e. The van der Waals surface area contributed by atoms with Gasteiger partial charge in [0.05, 0.1) is 6.10 Å². The Morgan fingerprint density at radius 1 is 1.44 bits per heavy atom. The molecule has 1 atom stereocenters. The number of hydrogen-bond donors (Lipinski definition) is 1. The minimum Gasteiger partial charge on any atom is -0.388 e. The highest BCUT2D eigenvalue weighted by atomic mass is 16.3. The number of rotatable bonds is 3. The SMILES string of the molecule is Cc1cc(C(O)Cc2ncnn2C)ccn1. The minimum absolute atomic E-state index is 0.458. The molecule has 0 amide bonds. The normalized spacial score (nSPS) is 12.7. The van der Waals surface area contributed by atoms with Crippen LogP contribution in [0.15, 0.2) is 24.7 Å².